The summed E-state index contributed by atoms with van der Waals surface area (Å²) in [6, 6.07) is 2.04. The van der Waals surface area contributed by atoms with Gasteiger partial charge in [-0.2, -0.15) is 0 Å². The Balaban J connectivity index is 2.21. The number of hydrogen-bond donors (Lipinski definition) is 1. The first-order valence-corrected chi connectivity index (χ1v) is 6.19. The third kappa shape index (κ3) is 2.71. The summed E-state index contributed by atoms with van der Waals surface area (Å²) in [7, 11) is 0. The lowest BCUT2D eigenvalue weighted by molar-refractivity contribution is -0.305. The van der Waals surface area contributed by atoms with Crippen LogP contribution in [0.1, 0.15) is 18.2 Å². The van der Waals surface area contributed by atoms with Crippen LogP contribution in [0.15, 0.2) is 12.4 Å². The largest absolute Gasteiger partial charge is 0.550 e. The Morgan fingerprint density at radius 3 is 3.06 bits per heavy atom. The number of carbonyl (C=O) groups is 1. The van der Waals surface area contributed by atoms with E-state index in [0.29, 0.717) is 12.4 Å². The van der Waals surface area contributed by atoms with Gasteiger partial charge in [0.1, 0.15) is 17.0 Å². The first-order chi connectivity index (χ1) is 8.20. The van der Waals surface area contributed by atoms with Crippen LogP contribution in [-0.4, -0.2) is 22.5 Å². The Morgan fingerprint density at radius 1 is 1.53 bits per heavy atom. The molecule has 0 unspecified atom stereocenters. The van der Waals surface area contributed by atoms with Crippen molar-refractivity contribution in [3.8, 4) is 0 Å². The SMILES string of the molecule is CCc1cc2c(NCCC(=O)[O-])ncnc2s1. The van der Waals surface area contributed by atoms with Gasteiger partial charge in [0, 0.05) is 23.8 Å². The van der Waals surface area contributed by atoms with Crippen molar-refractivity contribution in [2.45, 2.75) is 19.8 Å². The van der Waals surface area contributed by atoms with Crippen molar-refractivity contribution >= 4 is 33.3 Å². The average Bonchev–Trinajstić information content (AvgIpc) is 2.72. The first-order valence-electron chi connectivity index (χ1n) is 5.38. The maximum Gasteiger partial charge on any atom is 0.138 e. The summed E-state index contributed by atoms with van der Waals surface area (Å²) in [5.74, 6) is -0.380. The molecule has 2 heterocycles. The van der Waals surface area contributed by atoms with Gasteiger partial charge in [0.15, 0.2) is 0 Å². The number of aliphatic carboxylic acids is 1. The number of anilines is 1. The number of rotatable bonds is 5. The first kappa shape index (κ1) is 11.8. The molecule has 2 rings (SSSR count). The normalized spacial score (nSPS) is 10.6. The molecule has 1 N–H and O–H groups in total. The zero-order valence-corrected chi connectivity index (χ0v) is 10.2. The molecule has 0 radical (unpaired) electrons. The van der Waals surface area contributed by atoms with Gasteiger partial charge < -0.3 is 15.2 Å². The van der Waals surface area contributed by atoms with Crippen LogP contribution in [0.25, 0.3) is 10.2 Å². The van der Waals surface area contributed by atoms with E-state index in [2.05, 4.69) is 22.2 Å². The molecular weight excluding hydrogens is 238 g/mol. The maximum absolute atomic E-state index is 10.3. The molecule has 0 bridgehead atoms. The van der Waals surface area contributed by atoms with Gasteiger partial charge >= 0.3 is 0 Å². The molecule has 6 heteroatoms. The van der Waals surface area contributed by atoms with Crippen LogP contribution in [0.2, 0.25) is 0 Å². The topological polar surface area (TPSA) is 77.9 Å². The van der Waals surface area contributed by atoms with Crippen molar-refractivity contribution in [2.24, 2.45) is 0 Å². The number of fused-ring (bicyclic) bond motifs is 1. The van der Waals surface area contributed by atoms with E-state index < -0.39 is 5.97 Å². The van der Waals surface area contributed by atoms with Crippen LogP contribution in [-0.2, 0) is 11.2 Å². The van der Waals surface area contributed by atoms with E-state index in [0.717, 1.165) is 16.6 Å². The van der Waals surface area contributed by atoms with E-state index in [1.807, 2.05) is 6.07 Å². The molecule has 0 saturated carbocycles. The molecule has 0 saturated heterocycles. The number of nitrogens with zero attached hydrogens (tertiary/aromatic N) is 2. The highest BCUT2D eigenvalue weighted by molar-refractivity contribution is 7.18. The Morgan fingerprint density at radius 2 is 2.35 bits per heavy atom. The summed E-state index contributed by atoms with van der Waals surface area (Å²) in [6.45, 7) is 2.40. The second-order valence-electron chi connectivity index (χ2n) is 3.56. The maximum atomic E-state index is 10.3. The van der Waals surface area contributed by atoms with Gasteiger partial charge in [-0.25, -0.2) is 9.97 Å². The number of hydrogen-bond acceptors (Lipinski definition) is 6. The Hall–Kier alpha value is -1.69. The zero-order valence-electron chi connectivity index (χ0n) is 9.40. The van der Waals surface area contributed by atoms with Crippen molar-refractivity contribution < 1.29 is 9.90 Å². The fourth-order valence-electron chi connectivity index (χ4n) is 1.50. The molecule has 0 atom stereocenters. The molecule has 2 aromatic rings. The Kier molecular flexibility index (Phi) is 3.53. The highest BCUT2D eigenvalue weighted by Crippen LogP contribution is 2.28. The monoisotopic (exact) mass is 250 g/mol. The minimum atomic E-state index is -1.07. The Bertz CT molecular complexity index is 538. The number of aryl methyl sites for hydroxylation is 1. The molecule has 2 aromatic heterocycles. The van der Waals surface area contributed by atoms with Crippen molar-refractivity contribution in [3.63, 3.8) is 0 Å². The van der Waals surface area contributed by atoms with E-state index in [-0.39, 0.29) is 6.42 Å². The molecule has 0 aliphatic carbocycles. The van der Waals surface area contributed by atoms with Crippen LogP contribution in [0, 0.1) is 0 Å². The minimum absolute atomic E-state index is 0.0315. The summed E-state index contributed by atoms with van der Waals surface area (Å²) < 4.78 is 0. The molecule has 0 aromatic carbocycles. The molecule has 0 spiro atoms. The molecule has 0 amide bonds. The molecule has 0 aliphatic rings. The van der Waals surface area contributed by atoms with Crippen LogP contribution >= 0.6 is 11.3 Å². The van der Waals surface area contributed by atoms with E-state index in [1.54, 1.807) is 11.3 Å². The van der Waals surface area contributed by atoms with Crippen LogP contribution in [0.4, 0.5) is 5.82 Å². The smallest absolute Gasteiger partial charge is 0.138 e. The lowest BCUT2D eigenvalue weighted by Gasteiger charge is -2.06. The number of thiophene rings is 1. The highest BCUT2D eigenvalue weighted by Gasteiger charge is 2.07. The summed E-state index contributed by atoms with van der Waals surface area (Å²) in [5, 5.41) is 14.3. The quantitative estimate of drug-likeness (QED) is 0.849. The van der Waals surface area contributed by atoms with Gasteiger partial charge in [0.25, 0.3) is 0 Å². The molecule has 17 heavy (non-hydrogen) atoms. The van der Waals surface area contributed by atoms with Crippen LogP contribution in [0.5, 0.6) is 0 Å². The number of carboxylic acid groups (broad SMARTS) is 1. The van der Waals surface area contributed by atoms with Crippen LogP contribution < -0.4 is 10.4 Å². The predicted octanol–water partition coefficient (Wildman–Crippen LogP) is 0.806. The summed E-state index contributed by atoms with van der Waals surface area (Å²) >= 11 is 1.63. The number of carbonyl (C=O) groups excluding carboxylic acids is 1. The van der Waals surface area contributed by atoms with Crippen molar-refractivity contribution in [3.05, 3.63) is 17.3 Å². The van der Waals surface area contributed by atoms with Crippen molar-refractivity contribution in [1.29, 1.82) is 0 Å². The van der Waals surface area contributed by atoms with Crippen LogP contribution in [0.3, 0.4) is 0 Å². The lowest BCUT2D eigenvalue weighted by Crippen LogP contribution is -2.24. The lowest BCUT2D eigenvalue weighted by atomic mass is 10.3. The van der Waals surface area contributed by atoms with Gasteiger partial charge in [0.2, 0.25) is 0 Å². The number of carboxylic acids is 1. The minimum Gasteiger partial charge on any atom is -0.550 e. The van der Waals surface area contributed by atoms with Gasteiger partial charge in [-0.15, -0.1) is 11.3 Å². The number of aromatic nitrogens is 2. The fraction of sp³-hybridized carbons (Fsp3) is 0.364. The standard InChI is InChI=1S/C11H13N3O2S/c1-2-7-5-8-10(12-4-3-9(15)16)13-6-14-11(8)17-7/h5-6H,2-4H2,1H3,(H,15,16)(H,12,13,14)/p-1. The second kappa shape index (κ2) is 5.09. The van der Waals surface area contributed by atoms with Gasteiger partial charge in [-0.1, -0.05) is 6.92 Å². The summed E-state index contributed by atoms with van der Waals surface area (Å²) in [4.78, 5) is 20.8. The van der Waals surface area contributed by atoms with Gasteiger partial charge in [0.05, 0.1) is 5.39 Å². The highest BCUT2D eigenvalue weighted by atomic mass is 32.1. The third-order valence-electron chi connectivity index (χ3n) is 2.35. The number of nitrogens with one attached hydrogen (secondary N) is 1. The summed E-state index contributed by atoms with van der Waals surface area (Å²) in [5.41, 5.74) is 0. The third-order valence-corrected chi connectivity index (χ3v) is 3.54. The van der Waals surface area contributed by atoms with Gasteiger partial charge in [-0.3, -0.25) is 0 Å². The second-order valence-corrected chi connectivity index (χ2v) is 4.67. The molecule has 5 nitrogen and oxygen atoms in total. The molecular formula is C11H12N3O2S-. The predicted molar refractivity (Wildman–Crippen MR) is 64.9 cm³/mol. The Labute approximate surface area is 103 Å². The average molecular weight is 250 g/mol. The van der Waals surface area contributed by atoms with E-state index in [4.69, 9.17) is 0 Å². The molecule has 0 fully saturated rings. The summed E-state index contributed by atoms with van der Waals surface area (Å²) in [6.07, 6.45) is 2.41. The zero-order chi connectivity index (χ0) is 12.3. The van der Waals surface area contributed by atoms with Gasteiger partial charge in [-0.05, 0) is 12.5 Å². The molecule has 90 valence electrons. The fourth-order valence-corrected chi connectivity index (χ4v) is 2.44. The van der Waals surface area contributed by atoms with E-state index in [9.17, 15) is 9.90 Å². The van der Waals surface area contributed by atoms with E-state index >= 15 is 0 Å². The molecule has 0 aliphatic heterocycles. The van der Waals surface area contributed by atoms with Crippen molar-refractivity contribution in [2.75, 3.05) is 11.9 Å². The van der Waals surface area contributed by atoms with E-state index in [1.165, 1.54) is 11.2 Å². The van der Waals surface area contributed by atoms with Crippen molar-refractivity contribution in [1.82, 2.24) is 9.97 Å².